The Morgan fingerprint density at radius 2 is 1.11 bits per heavy atom. The van der Waals surface area contributed by atoms with Gasteiger partial charge in [-0.05, 0) is 23.8 Å². The molecule has 4 aromatic heterocycles. The van der Waals surface area contributed by atoms with Crippen molar-refractivity contribution >= 4 is 22.1 Å². The molecule has 0 radical (unpaired) electrons. The lowest BCUT2D eigenvalue weighted by Crippen LogP contribution is -2.47. The van der Waals surface area contributed by atoms with Crippen LogP contribution in [0.4, 0.5) is 0 Å². The minimum Gasteiger partial charge on any atom is -0.508 e. The molecule has 6 heterocycles. The molecule has 0 amide bonds. The van der Waals surface area contributed by atoms with Crippen molar-refractivity contribution in [1.29, 1.82) is 0 Å². The van der Waals surface area contributed by atoms with Gasteiger partial charge in [0.2, 0.25) is 0 Å². The fraction of sp³-hybridized carbons (Fsp3) is 0.349. The molecule has 2 aliphatic heterocycles. The van der Waals surface area contributed by atoms with Gasteiger partial charge in [0.15, 0.2) is 23.0 Å². The molecule has 2 atom stereocenters. The quantitative estimate of drug-likeness (QED) is 0.164. The number of hydrogen-bond donors (Lipinski definition) is 1. The zero-order valence-corrected chi connectivity index (χ0v) is 36.4. The summed E-state index contributed by atoms with van der Waals surface area (Å²) in [4.78, 5) is 93.7. The highest BCUT2D eigenvalue weighted by atomic mass is 16.5. The van der Waals surface area contributed by atoms with Crippen LogP contribution in [-0.4, -0.2) is 87.6 Å². The third-order valence-electron chi connectivity index (χ3n) is 12.3. The number of phenols is 1. The van der Waals surface area contributed by atoms with Gasteiger partial charge in [-0.1, -0.05) is 6.08 Å². The maximum absolute atomic E-state index is 14.5. The Morgan fingerprint density at radius 1 is 0.615 bits per heavy atom. The van der Waals surface area contributed by atoms with Crippen LogP contribution >= 0.6 is 0 Å². The van der Waals surface area contributed by atoms with Crippen LogP contribution in [0.15, 0.2) is 82.9 Å². The van der Waals surface area contributed by atoms with Gasteiger partial charge in [0.25, 0.3) is 11.1 Å². The highest BCUT2D eigenvalue weighted by Gasteiger charge is 2.42. The lowest BCUT2D eigenvalue weighted by molar-refractivity contribution is 0.243. The Balaban J connectivity index is 1.11. The van der Waals surface area contributed by atoms with E-state index in [4.69, 9.17) is 23.7 Å². The molecular formula is C43H44N10O12. The first-order chi connectivity index (χ1) is 31.2. The zero-order chi connectivity index (χ0) is 46.2. The number of aryl methyl sites for hydroxylation is 4. The van der Waals surface area contributed by atoms with Crippen LogP contribution in [0.1, 0.15) is 29.0 Å². The molecule has 9 rings (SSSR count). The van der Waals surface area contributed by atoms with E-state index in [2.05, 4.69) is 9.97 Å². The number of nitrogens with zero attached hydrogens (tertiary/aromatic N) is 10. The third-order valence-corrected chi connectivity index (χ3v) is 12.3. The SMILES string of the molecule is COc1ccc(O)c(C2C3=CCn4c(=O)n(CCc5nc6cc(OC)c(OC)cc6n(C)c5=O)c(=O)n4C3Cn3c(=O)n(CCc4nc5cc(OC)c(OC)cc5n(C)c4=O)c(=O)n32)c1. The van der Waals surface area contributed by atoms with E-state index in [1.165, 1.54) is 81.6 Å². The molecule has 22 heteroatoms. The molecule has 0 fully saturated rings. The van der Waals surface area contributed by atoms with Gasteiger partial charge in [0.05, 0.1) is 76.7 Å². The van der Waals surface area contributed by atoms with Gasteiger partial charge in [-0.15, -0.1) is 0 Å². The fourth-order valence-corrected chi connectivity index (χ4v) is 8.97. The van der Waals surface area contributed by atoms with Gasteiger partial charge in [0, 0.05) is 69.9 Å². The van der Waals surface area contributed by atoms with E-state index in [0.29, 0.717) is 56.4 Å². The van der Waals surface area contributed by atoms with Crippen molar-refractivity contribution in [2.75, 3.05) is 35.5 Å². The molecule has 0 spiro atoms. The number of phenolic OH excluding ortho intramolecular Hbond substituents is 1. The first-order valence-electron chi connectivity index (χ1n) is 20.4. The van der Waals surface area contributed by atoms with Crippen molar-refractivity contribution in [1.82, 2.24) is 47.0 Å². The van der Waals surface area contributed by atoms with Gasteiger partial charge in [-0.3, -0.25) is 9.59 Å². The summed E-state index contributed by atoms with van der Waals surface area (Å²) in [6.07, 6.45) is 1.50. The summed E-state index contributed by atoms with van der Waals surface area (Å²) in [5.74, 6) is 1.73. The monoisotopic (exact) mass is 892 g/mol. The minimum atomic E-state index is -1.15. The minimum absolute atomic E-state index is 0.0830. The topological polar surface area (TPSA) is 234 Å². The van der Waals surface area contributed by atoms with Crippen molar-refractivity contribution < 1.29 is 28.8 Å². The normalized spacial score (nSPS) is 15.3. The summed E-state index contributed by atoms with van der Waals surface area (Å²) in [6, 6.07) is 8.84. The Labute approximate surface area is 366 Å². The number of aromatic hydroxyl groups is 1. The van der Waals surface area contributed by atoms with Crippen LogP contribution in [0.5, 0.6) is 34.5 Å². The number of methoxy groups -OCH3 is 5. The maximum atomic E-state index is 14.5. The van der Waals surface area contributed by atoms with E-state index >= 15 is 0 Å². The summed E-state index contributed by atoms with van der Waals surface area (Å²) in [5, 5.41) is 11.3. The smallest absolute Gasteiger partial charge is 0.348 e. The van der Waals surface area contributed by atoms with Crippen LogP contribution in [0.2, 0.25) is 0 Å². The number of allylic oxidation sites excluding steroid dienone is 2. The van der Waals surface area contributed by atoms with Gasteiger partial charge < -0.3 is 37.9 Å². The predicted octanol–water partition coefficient (Wildman–Crippen LogP) is 0.449. The van der Waals surface area contributed by atoms with Crippen LogP contribution in [0.3, 0.4) is 0 Å². The maximum Gasteiger partial charge on any atom is 0.348 e. The molecule has 1 N–H and O–H groups in total. The molecular weight excluding hydrogens is 849 g/mol. The van der Waals surface area contributed by atoms with Crippen molar-refractivity contribution in [3.8, 4) is 34.5 Å². The number of rotatable bonds is 12. The lowest BCUT2D eigenvalue weighted by Gasteiger charge is -2.37. The molecule has 7 aromatic rings. The van der Waals surface area contributed by atoms with Crippen molar-refractivity contribution in [2.45, 2.75) is 51.1 Å². The zero-order valence-electron chi connectivity index (χ0n) is 36.4. The second-order valence-electron chi connectivity index (χ2n) is 15.6. The Kier molecular flexibility index (Phi) is 10.4. The highest BCUT2D eigenvalue weighted by Crippen LogP contribution is 2.42. The number of hydrogen-bond acceptors (Lipinski definition) is 14. The predicted molar refractivity (Wildman–Crippen MR) is 233 cm³/mol. The first-order valence-corrected chi connectivity index (χ1v) is 20.4. The molecule has 22 nitrogen and oxygen atoms in total. The van der Waals surface area contributed by atoms with Gasteiger partial charge in [-0.25, -0.2) is 57.0 Å². The molecule has 0 bridgehead atoms. The van der Waals surface area contributed by atoms with E-state index < -0.39 is 46.0 Å². The van der Waals surface area contributed by atoms with Crippen molar-refractivity contribution in [3.63, 3.8) is 0 Å². The highest BCUT2D eigenvalue weighted by molar-refractivity contribution is 5.80. The van der Waals surface area contributed by atoms with Crippen LogP contribution in [0.25, 0.3) is 22.1 Å². The number of aromatic nitrogens is 10. The largest absolute Gasteiger partial charge is 0.508 e. The van der Waals surface area contributed by atoms with E-state index in [1.54, 1.807) is 44.4 Å². The van der Waals surface area contributed by atoms with Crippen LogP contribution in [0, 0.1) is 0 Å². The van der Waals surface area contributed by atoms with Crippen molar-refractivity contribution in [3.05, 3.63) is 134 Å². The van der Waals surface area contributed by atoms with Crippen LogP contribution < -0.4 is 57.6 Å². The summed E-state index contributed by atoms with van der Waals surface area (Å²) < 4.78 is 36.8. The lowest BCUT2D eigenvalue weighted by atomic mass is 9.89. The van der Waals surface area contributed by atoms with Crippen LogP contribution in [-0.2, 0) is 53.1 Å². The number of fused-ring (bicyclic) bond motifs is 6. The average molecular weight is 893 g/mol. The first kappa shape index (κ1) is 42.3. The average Bonchev–Trinajstić information content (AvgIpc) is 3.71. The Hall–Kier alpha value is -8.04. The number of ether oxygens (including phenoxy) is 5. The summed E-state index contributed by atoms with van der Waals surface area (Å²) >= 11 is 0. The standard InChI is InChI=1S/C43H44N10O12/c1-46-29-19-35(64-6)33(62-4)17-27(29)44-25(38(46)55)11-13-48-40(57)50-15-10-23-31(52(50)42(48)59)21-51-41(58)49(43(60)53(51)37(23)24-16-22(61-3)8-9-32(24)54)14-12-26-39(56)47(2)30-20-36(65-7)34(63-5)18-28(30)45-26/h8-10,16-20,31,37,54H,11-15,21H2,1-7H3. The Bertz CT molecular complexity index is 3530. The van der Waals surface area contributed by atoms with Crippen molar-refractivity contribution in [2.24, 2.45) is 14.1 Å². The molecule has 0 aliphatic carbocycles. The van der Waals surface area contributed by atoms with Gasteiger partial charge >= 0.3 is 22.8 Å². The Morgan fingerprint density at radius 3 is 1.62 bits per heavy atom. The molecule has 0 saturated carbocycles. The van der Waals surface area contributed by atoms with E-state index in [-0.39, 0.29) is 61.7 Å². The van der Waals surface area contributed by atoms with Gasteiger partial charge in [0.1, 0.15) is 28.9 Å². The molecule has 338 valence electrons. The fourth-order valence-electron chi connectivity index (χ4n) is 8.97. The second kappa shape index (κ2) is 15.9. The molecule has 2 unspecified atom stereocenters. The third kappa shape index (κ3) is 6.53. The van der Waals surface area contributed by atoms with Gasteiger partial charge in [-0.2, -0.15) is 0 Å². The summed E-state index contributed by atoms with van der Waals surface area (Å²) in [5.41, 5.74) is -1.12. The van der Waals surface area contributed by atoms with E-state index in [9.17, 15) is 33.9 Å². The molecule has 2 aliphatic rings. The van der Waals surface area contributed by atoms with E-state index in [0.717, 1.165) is 9.13 Å². The van der Waals surface area contributed by atoms with E-state index in [1.807, 2.05) is 0 Å². The molecule has 3 aromatic carbocycles. The second-order valence-corrected chi connectivity index (χ2v) is 15.6. The summed E-state index contributed by atoms with van der Waals surface area (Å²) in [7, 11) is 10.5. The molecule has 0 saturated heterocycles. The molecule has 65 heavy (non-hydrogen) atoms. The number of benzene rings is 3. The summed E-state index contributed by atoms with van der Waals surface area (Å²) in [6.45, 7) is -0.820.